The van der Waals surface area contributed by atoms with Gasteiger partial charge in [-0.3, -0.25) is 0 Å². The lowest BCUT2D eigenvalue weighted by molar-refractivity contribution is 0.592. The number of halogens is 2. The Kier molecular flexibility index (Phi) is 4.33. The molecule has 1 aliphatic carbocycles. The van der Waals surface area contributed by atoms with Crippen LogP contribution in [-0.2, 0) is 9.84 Å². The van der Waals surface area contributed by atoms with Gasteiger partial charge in [0, 0.05) is 5.03 Å². The minimum atomic E-state index is -3.49. The van der Waals surface area contributed by atoms with E-state index in [0.29, 0.717) is 5.03 Å². The highest BCUT2D eigenvalue weighted by molar-refractivity contribution is 7.91. The fourth-order valence-corrected chi connectivity index (χ4v) is 4.53. The van der Waals surface area contributed by atoms with Crippen molar-refractivity contribution in [3.8, 4) is 0 Å². The predicted octanol–water partition coefficient (Wildman–Crippen LogP) is 4.07. The lowest BCUT2D eigenvalue weighted by Crippen LogP contribution is -2.32. The van der Waals surface area contributed by atoms with Gasteiger partial charge in [0.1, 0.15) is 4.87 Å². The van der Waals surface area contributed by atoms with Crippen LogP contribution >= 0.6 is 23.2 Å². The Balaban J connectivity index is 2.31. The SMILES string of the molecule is Cc1ccc(S(=O)(=O)CC2(Cl)C=CC(C)C=C2Cl)cc1. The van der Waals surface area contributed by atoms with Gasteiger partial charge in [-0.15, -0.1) is 11.6 Å². The highest BCUT2D eigenvalue weighted by atomic mass is 35.5. The van der Waals surface area contributed by atoms with Gasteiger partial charge in [0.15, 0.2) is 9.84 Å². The van der Waals surface area contributed by atoms with Crippen LogP contribution in [0.4, 0.5) is 0 Å². The van der Waals surface area contributed by atoms with E-state index in [4.69, 9.17) is 23.2 Å². The summed E-state index contributed by atoms with van der Waals surface area (Å²) in [7, 11) is -3.49. The van der Waals surface area contributed by atoms with Crippen LogP contribution in [0.15, 0.2) is 52.4 Å². The number of hydrogen-bond acceptors (Lipinski definition) is 2. The van der Waals surface area contributed by atoms with E-state index in [-0.39, 0.29) is 16.6 Å². The van der Waals surface area contributed by atoms with Crippen molar-refractivity contribution in [1.82, 2.24) is 0 Å². The van der Waals surface area contributed by atoms with Crippen molar-refractivity contribution in [2.24, 2.45) is 5.92 Å². The van der Waals surface area contributed by atoms with Gasteiger partial charge in [-0.05, 0) is 25.0 Å². The van der Waals surface area contributed by atoms with E-state index >= 15 is 0 Å². The number of benzene rings is 1. The van der Waals surface area contributed by atoms with Gasteiger partial charge in [0.2, 0.25) is 0 Å². The van der Waals surface area contributed by atoms with Crippen LogP contribution in [0.1, 0.15) is 12.5 Å². The summed E-state index contributed by atoms with van der Waals surface area (Å²) >= 11 is 12.5. The first kappa shape index (κ1) is 15.6. The molecule has 2 unspecified atom stereocenters. The molecular weight excluding hydrogens is 315 g/mol. The fraction of sp³-hybridized carbons (Fsp3) is 0.333. The molecule has 0 saturated carbocycles. The zero-order valence-electron chi connectivity index (χ0n) is 11.3. The summed E-state index contributed by atoms with van der Waals surface area (Å²) in [5.41, 5.74) is 1.01. The van der Waals surface area contributed by atoms with Gasteiger partial charge in [-0.1, -0.05) is 54.4 Å². The number of aryl methyl sites for hydroxylation is 1. The topological polar surface area (TPSA) is 34.1 Å². The Morgan fingerprint density at radius 1 is 1.25 bits per heavy atom. The van der Waals surface area contributed by atoms with E-state index in [2.05, 4.69) is 0 Å². The molecule has 2 atom stereocenters. The number of rotatable bonds is 3. The molecule has 0 spiro atoms. The fourth-order valence-electron chi connectivity index (χ4n) is 2.03. The van der Waals surface area contributed by atoms with Crippen LogP contribution in [0.25, 0.3) is 0 Å². The largest absolute Gasteiger partial charge is 0.224 e. The highest BCUT2D eigenvalue weighted by Crippen LogP contribution is 2.37. The molecule has 0 N–H and O–H groups in total. The number of alkyl halides is 1. The lowest BCUT2D eigenvalue weighted by Gasteiger charge is -2.27. The molecule has 1 aromatic carbocycles. The van der Waals surface area contributed by atoms with Crippen LogP contribution in [-0.4, -0.2) is 19.0 Å². The maximum absolute atomic E-state index is 12.4. The average molecular weight is 331 g/mol. The Hall–Kier alpha value is -0.770. The first-order valence-corrected chi connectivity index (χ1v) is 8.69. The zero-order chi connectivity index (χ0) is 15.0. The number of hydrogen-bond donors (Lipinski definition) is 0. The van der Waals surface area contributed by atoms with Crippen molar-refractivity contribution in [2.45, 2.75) is 23.6 Å². The Morgan fingerprint density at radius 3 is 2.40 bits per heavy atom. The van der Waals surface area contributed by atoms with E-state index in [9.17, 15) is 8.42 Å². The first-order chi connectivity index (χ1) is 9.23. The molecule has 2 rings (SSSR count). The Morgan fingerprint density at radius 2 is 1.85 bits per heavy atom. The van der Waals surface area contributed by atoms with Crippen molar-refractivity contribution in [1.29, 1.82) is 0 Å². The summed E-state index contributed by atoms with van der Waals surface area (Å²) < 4.78 is 24.9. The quantitative estimate of drug-likeness (QED) is 0.618. The van der Waals surface area contributed by atoms with Gasteiger partial charge in [-0.25, -0.2) is 8.42 Å². The molecule has 1 aromatic rings. The molecule has 0 amide bonds. The van der Waals surface area contributed by atoms with Crippen LogP contribution in [0, 0.1) is 12.8 Å². The number of sulfone groups is 1. The second-order valence-electron chi connectivity index (χ2n) is 5.17. The molecule has 0 aliphatic heterocycles. The monoisotopic (exact) mass is 330 g/mol. The zero-order valence-corrected chi connectivity index (χ0v) is 13.6. The molecule has 0 aromatic heterocycles. The number of allylic oxidation sites excluding steroid dienone is 4. The van der Waals surface area contributed by atoms with Gasteiger partial charge in [-0.2, -0.15) is 0 Å². The maximum atomic E-state index is 12.4. The summed E-state index contributed by atoms with van der Waals surface area (Å²) in [4.78, 5) is -0.905. The minimum Gasteiger partial charge on any atom is -0.224 e. The second kappa shape index (κ2) is 5.55. The third kappa shape index (κ3) is 3.27. The van der Waals surface area contributed by atoms with E-state index in [1.165, 1.54) is 0 Å². The first-order valence-electron chi connectivity index (χ1n) is 6.28. The smallest absolute Gasteiger partial charge is 0.180 e. The van der Waals surface area contributed by atoms with Crippen LogP contribution in [0.3, 0.4) is 0 Å². The molecule has 2 nitrogen and oxygen atoms in total. The van der Waals surface area contributed by atoms with Gasteiger partial charge in [0.05, 0.1) is 10.6 Å². The van der Waals surface area contributed by atoms with E-state index < -0.39 is 14.7 Å². The summed E-state index contributed by atoms with van der Waals surface area (Å²) in [6, 6.07) is 6.73. The van der Waals surface area contributed by atoms with Crippen molar-refractivity contribution in [3.63, 3.8) is 0 Å². The van der Waals surface area contributed by atoms with Crippen LogP contribution in [0.5, 0.6) is 0 Å². The van der Waals surface area contributed by atoms with Crippen molar-refractivity contribution >= 4 is 33.0 Å². The van der Waals surface area contributed by atoms with Gasteiger partial charge < -0.3 is 0 Å². The maximum Gasteiger partial charge on any atom is 0.180 e. The molecule has 1 aliphatic rings. The Bertz CT molecular complexity index is 660. The summed E-state index contributed by atoms with van der Waals surface area (Å²) in [6.07, 6.45) is 5.32. The molecule has 108 valence electrons. The molecule has 0 fully saturated rings. The summed E-state index contributed by atoms with van der Waals surface area (Å²) in [6.45, 7) is 3.87. The van der Waals surface area contributed by atoms with E-state index in [0.717, 1.165) is 5.56 Å². The van der Waals surface area contributed by atoms with Crippen molar-refractivity contribution < 1.29 is 8.42 Å². The lowest BCUT2D eigenvalue weighted by atomic mass is 9.98. The van der Waals surface area contributed by atoms with Crippen LogP contribution in [0.2, 0.25) is 0 Å². The minimum absolute atomic E-state index is 0.163. The summed E-state index contributed by atoms with van der Waals surface area (Å²) in [5, 5.41) is 0.366. The highest BCUT2D eigenvalue weighted by Gasteiger charge is 2.36. The third-order valence-corrected chi connectivity index (χ3v) is 6.26. The van der Waals surface area contributed by atoms with E-state index in [1.54, 1.807) is 36.4 Å². The molecular formula is C15H16Cl2O2S. The molecule has 0 radical (unpaired) electrons. The van der Waals surface area contributed by atoms with Crippen LogP contribution < -0.4 is 0 Å². The second-order valence-corrected chi connectivity index (χ2v) is 8.24. The molecule has 0 heterocycles. The van der Waals surface area contributed by atoms with E-state index in [1.807, 2.05) is 19.9 Å². The van der Waals surface area contributed by atoms with Gasteiger partial charge in [0.25, 0.3) is 0 Å². The summed E-state index contributed by atoms with van der Waals surface area (Å²) in [5.74, 6) is -0.0835. The Labute approximate surface area is 130 Å². The molecule has 20 heavy (non-hydrogen) atoms. The van der Waals surface area contributed by atoms with Gasteiger partial charge >= 0.3 is 0 Å². The van der Waals surface area contributed by atoms with Crippen molar-refractivity contribution in [3.05, 3.63) is 53.1 Å². The molecule has 5 heteroatoms. The average Bonchev–Trinajstić information content (AvgIpc) is 2.35. The third-order valence-electron chi connectivity index (χ3n) is 3.25. The standard InChI is InChI=1S/C15H16Cl2O2S/c1-11-3-5-13(6-4-11)20(18,19)10-15(17)8-7-12(2)9-14(15)16/h3-9,12H,10H2,1-2H3. The normalized spacial score (nSPS) is 26.4. The molecule has 0 saturated heterocycles. The van der Waals surface area contributed by atoms with Crippen molar-refractivity contribution in [2.75, 3.05) is 5.75 Å². The predicted molar refractivity (Wildman–Crippen MR) is 84.1 cm³/mol. The molecule has 0 bridgehead atoms.